The molecule has 63 heavy (non-hydrogen) atoms. The highest BCUT2D eigenvalue weighted by Gasteiger charge is 2.54. The fraction of sp³-hybridized carbons (Fsp3) is 0.314. The number of aromatic amines is 1. The van der Waals surface area contributed by atoms with Gasteiger partial charge in [0, 0.05) is 12.0 Å². The van der Waals surface area contributed by atoms with E-state index in [1.807, 2.05) is 79.8 Å². The van der Waals surface area contributed by atoms with Gasteiger partial charge in [-0.1, -0.05) is 172 Å². The maximum Gasteiger partial charge on any atom is 0.311 e. The molecule has 0 aliphatic carbocycles. The van der Waals surface area contributed by atoms with Crippen LogP contribution < -0.4 is 36.2 Å². The van der Waals surface area contributed by atoms with E-state index in [2.05, 4.69) is 123 Å². The van der Waals surface area contributed by atoms with Crippen molar-refractivity contribution in [3.8, 4) is 5.75 Å². The molecule has 1 saturated heterocycles. The van der Waals surface area contributed by atoms with Gasteiger partial charge in [0.1, 0.15) is 22.2 Å². The zero-order valence-electron chi connectivity index (χ0n) is 37.0. The van der Waals surface area contributed by atoms with Gasteiger partial charge in [0.15, 0.2) is 5.65 Å². The van der Waals surface area contributed by atoms with Crippen molar-refractivity contribution < 1.29 is 13.9 Å². The van der Waals surface area contributed by atoms with Crippen molar-refractivity contribution in [2.24, 2.45) is 5.92 Å². The van der Waals surface area contributed by atoms with Crippen LogP contribution in [0.4, 0.5) is 5.95 Å². The summed E-state index contributed by atoms with van der Waals surface area (Å²) in [5.41, 5.74) is 1.56. The summed E-state index contributed by atoms with van der Waals surface area (Å²) in [6.45, 7) is 11.1. The van der Waals surface area contributed by atoms with Crippen molar-refractivity contribution in [3.63, 3.8) is 0 Å². The standard InChI is InChI=1S/C51H57N5O5SSi/c1-8-42(61-63(50(3,4)5,39-25-17-11-18-26-39)40-27-19-12-20-28-40)43-33-41(34(2)52-6)47(60-43)56-45-44(62-49(56)58)46(57)54-48(53-45)55-51(35-21-13-9-14-22-35,36-23-15-10-16-24-36)37-29-31-38(59-7)32-30-37/h9-32,34,41-43,47,52H,8,33H2,1-7H3,(H2,53,54,55,57)/t34?,41-,42?,43-,47+/m0/s1. The molecule has 0 amide bonds. The first-order valence-electron chi connectivity index (χ1n) is 21.8. The molecule has 3 N–H and O–H groups in total. The number of aromatic nitrogens is 3. The number of benzene rings is 5. The lowest BCUT2D eigenvalue weighted by Crippen LogP contribution is -2.68. The molecule has 0 radical (unpaired) electrons. The quantitative estimate of drug-likeness (QED) is 0.0695. The number of nitrogens with zero attached hydrogens (tertiary/aromatic N) is 2. The van der Waals surface area contributed by atoms with Crippen molar-refractivity contribution in [2.75, 3.05) is 19.5 Å². The van der Waals surface area contributed by atoms with E-state index in [0.717, 1.165) is 28.0 Å². The first-order chi connectivity index (χ1) is 30.4. The second-order valence-corrected chi connectivity index (χ2v) is 22.6. The predicted octanol–water partition coefficient (Wildman–Crippen LogP) is 8.43. The van der Waals surface area contributed by atoms with Crippen LogP contribution >= 0.6 is 11.3 Å². The van der Waals surface area contributed by atoms with Crippen LogP contribution in [0.3, 0.4) is 0 Å². The predicted molar refractivity (Wildman–Crippen MR) is 257 cm³/mol. The van der Waals surface area contributed by atoms with Crippen LogP contribution in [-0.2, 0) is 14.7 Å². The highest BCUT2D eigenvalue weighted by molar-refractivity contribution is 7.16. The van der Waals surface area contributed by atoms with Gasteiger partial charge in [-0.25, -0.2) is 0 Å². The van der Waals surface area contributed by atoms with Crippen molar-refractivity contribution in [3.05, 3.63) is 182 Å². The fourth-order valence-electron chi connectivity index (χ4n) is 9.54. The first kappa shape index (κ1) is 44.0. The highest BCUT2D eigenvalue weighted by Crippen LogP contribution is 2.44. The Labute approximate surface area is 374 Å². The number of anilines is 1. The van der Waals surface area contributed by atoms with Gasteiger partial charge in [0.05, 0.1) is 19.3 Å². The number of fused-ring (bicyclic) bond motifs is 1. The van der Waals surface area contributed by atoms with Crippen LogP contribution in [0, 0.1) is 5.92 Å². The van der Waals surface area contributed by atoms with Gasteiger partial charge in [-0.2, -0.15) is 4.98 Å². The first-order valence-corrected chi connectivity index (χ1v) is 24.5. The normalized spacial score (nSPS) is 18.0. The van der Waals surface area contributed by atoms with Gasteiger partial charge in [-0.15, -0.1) is 0 Å². The van der Waals surface area contributed by atoms with Crippen molar-refractivity contribution in [1.29, 1.82) is 0 Å². The summed E-state index contributed by atoms with van der Waals surface area (Å²) in [4.78, 5) is 36.4. The van der Waals surface area contributed by atoms with Crippen LogP contribution in [0.2, 0.25) is 5.04 Å². The summed E-state index contributed by atoms with van der Waals surface area (Å²) in [6, 6.07) is 49.2. The van der Waals surface area contributed by atoms with Crippen molar-refractivity contribution in [2.45, 2.75) is 82.5 Å². The molecule has 7 aromatic rings. The zero-order chi connectivity index (χ0) is 44.4. The number of nitrogens with one attached hydrogen (secondary N) is 3. The average Bonchev–Trinajstić information content (AvgIpc) is 3.89. The minimum absolute atomic E-state index is 0.0503. The topological polar surface area (TPSA) is 120 Å². The summed E-state index contributed by atoms with van der Waals surface area (Å²) >= 11 is 0.891. The molecule has 1 fully saturated rings. The maximum atomic E-state index is 14.4. The molecule has 3 heterocycles. The van der Waals surface area contributed by atoms with Gasteiger partial charge < -0.3 is 24.5 Å². The van der Waals surface area contributed by atoms with E-state index in [0.29, 0.717) is 18.6 Å². The molecule has 0 bridgehead atoms. The Balaban J connectivity index is 1.24. The maximum absolute atomic E-state index is 14.4. The molecular formula is C51H57N5O5SSi. The second-order valence-electron chi connectivity index (χ2n) is 17.4. The van der Waals surface area contributed by atoms with Crippen LogP contribution in [0.25, 0.3) is 10.3 Å². The zero-order valence-corrected chi connectivity index (χ0v) is 38.8. The largest absolute Gasteiger partial charge is 0.497 e. The molecule has 10 nitrogen and oxygen atoms in total. The monoisotopic (exact) mass is 879 g/mol. The van der Waals surface area contributed by atoms with Crippen molar-refractivity contribution >= 4 is 46.3 Å². The molecule has 12 heteroatoms. The number of hydrogen-bond donors (Lipinski definition) is 3. The van der Waals surface area contributed by atoms with Crippen molar-refractivity contribution in [1.82, 2.24) is 19.9 Å². The smallest absolute Gasteiger partial charge is 0.311 e. The molecule has 0 saturated carbocycles. The average molecular weight is 880 g/mol. The number of rotatable bonds is 15. The van der Waals surface area contributed by atoms with E-state index >= 15 is 0 Å². The van der Waals surface area contributed by atoms with E-state index in [4.69, 9.17) is 18.9 Å². The molecule has 0 spiro atoms. The summed E-state index contributed by atoms with van der Waals surface area (Å²) in [5, 5.41) is 9.30. The molecule has 1 aliphatic rings. The van der Waals surface area contributed by atoms with E-state index in [1.54, 1.807) is 11.7 Å². The Morgan fingerprint density at radius 3 is 1.84 bits per heavy atom. The van der Waals surface area contributed by atoms with Crippen LogP contribution in [0.1, 0.15) is 70.4 Å². The van der Waals surface area contributed by atoms with Gasteiger partial charge >= 0.3 is 4.87 Å². The van der Waals surface area contributed by atoms with Crippen LogP contribution in [-0.4, -0.2) is 55.3 Å². The summed E-state index contributed by atoms with van der Waals surface area (Å²) in [7, 11) is 0.605. The lowest BCUT2D eigenvalue weighted by molar-refractivity contribution is -0.0620. The van der Waals surface area contributed by atoms with E-state index < -0.39 is 25.6 Å². The Kier molecular flexibility index (Phi) is 12.7. The number of ether oxygens (including phenoxy) is 2. The second kappa shape index (κ2) is 18.2. The van der Waals surface area contributed by atoms with Gasteiger partial charge in [0.25, 0.3) is 13.9 Å². The number of thiazole rings is 1. The Bertz CT molecular complexity index is 2640. The SMILES string of the molecule is CCC(O[Si](c1ccccc1)(c1ccccc1)C(C)(C)C)[C@@H]1C[C@@H](C(C)NC)[C@H](n2c(=O)sc3c(=O)[nH]c(NC(c4ccccc4)(c4ccccc4)c4ccc(OC)cc4)nc32)O1. The number of H-pyrrole nitrogens is 1. The fourth-order valence-corrected chi connectivity index (χ4v) is 15.2. The Morgan fingerprint density at radius 2 is 1.35 bits per heavy atom. The summed E-state index contributed by atoms with van der Waals surface area (Å²) in [5.74, 6) is 0.764. The number of hydrogen-bond acceptors (Lipinski definition) is 9. The van der Waals surface area contributed by atoms with Crippen LogP contribution in [0.5, 0.6) is 5.75 Å². The number of methoxy groups -OCH3 is 1. The molecule has 326 valence electrons. The minimum Gasteiger partial charge on any atom is -0.497 e. The third kappa shape index (κ3) is 8.11. The third-order valence-electron chi connectivity index (χ3n) is 12.8. The lowest BCUT2D eigenvalue weighted by Gasteiger charge is -2.46. The van der Waals surface area contributed by atoms with Gasteiger partial charge in [-0.3, -0.25) is 19.1 Å². The Hall–Kier alpha value is -5.63. The molecular weight excluding hydrogens is 823 g/mol. The van der Waals surface area contributed by atoms with Gasteiger partial charge in [0.2, 0.25) is 5.95 Å². The third-order valence-corrected chi connectivity index (χ3v) is 18.8. The van der Waals surface area contributed by atoms with E-state index in [-0.39, 0.29) is 50.4 Å². The summed E-state index contributed by atoms with van der Waals surface area (Å²) < 4.78 is 22.3. The molecule has 2 aromatic heterocycles. The molecule has 5 atom stereocenters. The Morgan fingerprint density at radius 1 is 0.825 bits per heavy atom. The van der Waals surface area contributed by atoms with Crippen LogP contribution in [0.15, 0.2) is 155 Å². The van der Waals surface area contributed by atoms with Gasteiger partial charge in [-0.05, 0) is 71.0 Å². The highest BCUT2D eigenvalue weighted by atomic mass is 32.1. The molecule has 5 aromatic carbocycles. The molecule has 2 unspecified atom stereocenters. The van der Waals surface area contributed by atoms with E-state index in [1.165, 1.54) is 10.4 Å². The van der Waals surface area contributed by atoms with E-state index in [9.17, 15) is 9.59 Å². The lowest BCUT2D eigenvalue weighted by atomic mass is 9.77. The molecule has 1 aliphatic heterocycles. The molecule has 8 rings (SSSR count). The minimum atomic E-state index is -2.96. The summed E-state index contributed by atoms with van der Waals surface area (Å²) in [6.07, 6.45) is -0.0662.